The molecule has 4 aliphatic carbocycles. The first-order valence-electron chi connectivity index (χ1n) is 12.3. The highest BCUT2D eigenvalue weighted by Crippen LogP contribution is 2.70. The molecule has 0 amide bonds. The Morgan fingerprint density at radius 1 is 1.16 bits per heavy atom. The molecule has 1 N–H and O–H groups in total. The minimum atomic E-state index is -1.05. The Bertz CT molecular complexity index is 1020. The molecule has 0 spiro atoms. The van der Waals surface area contributed by atoms with E-state index in [1.807, 2.05) is 36.4 Å². The lowest BCUT2D eigenvalue weighted by Crippen LogP contribution is -2.62. The van der Waals surface area contributed by atoms with Crippen LogP contribution >= 0.6 is 0 Å². The molecular weight excluding hydrogens is 400 g/mol. The molecule has 5 aliphatic rings. The topological polar surface area (TPSA) is 59.1 Å². The maximum absolute atomic E-state index is 12.5. The Balaban J connectivity index is 1.39. The fourth-order valence-corrected chi connectivity index (χ4v) is 8.11. The van der Waals surface area contributed by atoms with Gasteiger partial charge in [-0.15, -0.1) is 0 Å². The van der Waals surface area contributed by atoms with Crippen LogP contribution in [0.1, 0.15) is 59.3 Å². The molecule has 6 rings (SSSR count). The fraction of sp³-hybridized carbons (Fsp3) is 0.607. The van der Waals surface area contributed by atoms with Gasteiger partial charge in [0.1, 0.15) is 18.0 Å². The van der Waals surface area contributed by atoms with E-state index in [0.29, 0.717) is 24.9 Å². The number of hydrogen-bond acceptors (Lipinski definition) is 4. The minimum Gasteiger partial charge on any atom is -0.457 e. The zero-order chi connectivity index (χ0) is 22.4. The second-order valence-electron chi connectivity index (χ2n) is 11.4. The van der Waals surface area contributed by atoms with E-state index in [9.17, 15) is 9.90 Å². The van der Waals surface area contributed by atoms with Crippen LogP contribution < -0.4 is 4.74 Å². The van der Waals surface area contributed by atoms with Crippen molar-refractivity contribution in [1.29, 1.82) is 0 Å². The lowest BCUT2D eigenvalue weighted by atomic mass is 9.50. The average molecular weight is 435 g/mol. The third-order valence-electron chi connectivity index (χ3n) is 9.93. The predicted molar refractivity (Wildman–Crippen MR) is 122 cm³/mol. The zero-order valence-corrected chi connectivity index (χ0v) is 19.4. The quantitative estimate of drug-likeness (QED) is 0.523. The highest BCUT2D eigenvalue weighted by molar-refractivity contribution is 5.92. The summed E-state index contributed by atoms with van der Waals surface area (Å²) in [5.41, 5.74) is 1.50. The Hall–Kier alpha value is -1.91. The standard InChI is InChI=1S/C28H34O4/c1-18-15-24-22-10-9-19-16-20(29)11-13-25(19,2)23(22)12-14-26(24,3)28(18,30)27(17-31-27)32-21-7-5-4-6-8-21/h4-8,12,16,18,22,24,30H,9-11,13-15,17H2,1-3H3/t18-,22+,24-,25-,26-,27+,28+/m0/s1. The van der Waals surface area contributed by atoms with Crippen molar-refractivity contribution in [3.05, 3.63) is 53.6 Å². The number of benzene rings is 1. The third kappa shape index (κ3) is 2.48. The van der Waals surface area contributed by atoms with Crippen LogP contribution in [0.4, 0.5) is 0 Å². The molecule has 0 radical (unpaired) electrons. The van der Waals surface area contributed by atoms with Gasteiger partial charge in [-0.05, 0) is 68.1 Å². The molecule has 7 atom stereocenters. The van der Waals surface area contributed by atoms with Gasteiger partial charge in [0.2, 0.25) is 0 Å². The normalized spacial score (nSPS) is 47.0. The molecule has 170 valence electrons. The molecule has 0 bridgehead atoms. The van der Waals surface area contributed by atoms with Gasteiger partial charge >= 0.3 is 0 Å². The van der Waals surface area contributed by atoms with E-state index < -0.39 is 11.4 Å². The number of aliphatic hydroxyl groups is 1. The molecule has 1 aromatic rings. The maximum Gasteiger partial charge on any atom is 0.264 e. The van der Waals surface area contributed by atoms with Crippen molar-refractivity contribution in [2.45, 2.75) is 70.7 Å². The lowest BCUT2D eigenvalue weighted by molar-refractivity contribution is -0.208. The van der Waals surface area contributed by atoms with Gasteiger partial charge in [-0.3, -0.25) is 4.79 Å². The van der Waals surface area contributed by atoms with Crippen molar-refractivity contribution in [3.8, 4) is 5.75 Å². The zero-order valence-electron chi connectivity index (χ0n) is 19.4. The maximum atomic E-state index is 12.5. The molecule has 1 aliphatic heterocycles. The van der Waals surface area contributed by atoms with E-state index in [1.54, 1.807) is 0 Å². The van der Waals surface area contributed by atoms with Crippen LogP contribution in [0.25, 0.3) is 0 Å². The van der Waals surface area contributed by atoms with Gasteiger partial charge in [0.05, 0.1) is 0 Å². The number of fused-ring (bicyclic) bond motifs is 5. The largest absolute Gasteiger partial charge is 0.457 e. The first-order chi connectivity index (χ1) is 15.2. The SMILES string of the molecule is C[C@H]1C[C@H]2[C@@H]3CCC4=CC(=O)CC[C@]4(C)C3=CC[C@]2(C)[C@@]1(O)[C@]1(Oc2ccccc2)CO1. The van der Waals surface area contributed by atoms with E-state index in [0.717, 1.165) is 37.9 Å². The molecule has 3 fully saturated rings. The second-order valence-corrected chi connectivity index (χ2v) is 11.4. The summed E-state index contributed by atoms with van der Waals surface area (Å²) in [6.45, 7) is 7.22. The number of carbonyl (C=O) groups is 1. The Morgan fingerprint density at radius 3 is 2.62 bits per heavy atom. The summed E-state index contributed by atoms with van der Waals surface area (Å²) in [7, 11) is 0. The number of epoxide rings is 1. The van der Waals surface area contributed by atoms with Crippen LogP contribution in [0.2, 0.25) is 0 Å². The molecule has 2 saturated carbocycles. The number of para-hydroxylation sites is 1. The molecule has 32 heavy (non-hydrogen) atoms. The van der Waals surface area contributed by atoms with Crippen molar-refractivity contribution in [1.82, 2.24) is 0 Å². The molecule has 1 heterocycles. The predicted octanol–water partition coefficient (Wildman–Crippen LogP) is 5.22. The van der Waals surface area contributed by atoms with Gasteiger partial charge in [-0.25, -0.2) is 0 Å². The van der Waals surface area contributed by atoms with Gasteiger partial charge in [-0.2, -0.15) is 0 Å². The Morgan fingerprint density at radius 2 is 1.91 bits per heavy atom. The molecule has 1 saturated heterocycles. The van der Waals surface area contributed by atoms with Crippen molar-refractivity contribution in [2.75, 3.05) is 6.61 Å². The molecule has 1 aromatic carbocycles. The fourth-order valence-electron chi connectivity index (χ4n) is 8.11. The van der Waals surface area contributed by atoms with Crippen molar-refractivity contribution in [2.24, 2.45) is 28.6 Å². The van der Waals surface area contributed by atoms with Crippen molar-refractivity contribution >= 4 is 5.78 Å². The Labute approximate surface area is 190 Å². The van der Waals surface area contributed by atoms with Gasteiger partial charge in [0, 0.05) is 17.3 Å². The number of carbonyl (C=O) groups excluding carboxylic acids is 1. The van der Waals surface area contributed by atoms with E-state index >= 15 is 0 Å². The first-order valence-corrected chi connectivity index (χ1v) is 12.3. The van der Waals surface area contributed by atoms with Crippen LogP contribution in [-0.4, -0.2) is 28.9 Å². The highest BCUT2D eigenvalue weighted by Gasteiger charge is 2.78. The van der Waals surface area contributed by atoms with E-state index in [-0.39, 0.29) is 22.5 Å². The Kier molecular flexibility index (Phi) is 4.25. The molecule has 0 aromatic heterocycles. The van der Waals surface area contributed by atoms with Crippen molar-refractivity contribution < 1.29 is 19.4 Å². The summed E-state index contributed by atoms with van der Waals surface area (Å²) in [4.78, 5) is 12.1. The molecule has 0 unspecified atom stereocenters. The number of ether oxygens (including phenoxy) is 2. The first kappa shape index (κ1) is 20.7. The van der Waals surface area contributed by atoms with Crippen LogP contribution in [0.5, 0.6) is 5.75 Å². The number of ketones is 1. The second kappa shape index (κ2) is 6.57. The molecular formula is C28H34O4. The van der Waals surface area contributed by atoms with Gasteiger partial charge in [0.15, 0.2) is 5.78 Å². The van der Waals surface area contributed by atoms with Crippen LogP contribution in [0, 0.1) is 28.6 Å². The summed E-state index contributed by atoms with van der Waals surface area (Å²) < 4.78 is 12.4. The highest BCUT2D eigenvalue weighted by atomic mass is 16.8. The summed E-state index contributed by atoms with van der Waals surface area (Å²) in [6.07, 6.45) is 9.79. The lowest BCUT2D eigenvalue weighted by Gasteiger charge is -2.55. The van der Waals surface area contributed by atoms with E-state index in [4.69, 9.17) is 9.47 Å². The number of allylic oxidation sites excluding steroid dienone is 4. The summed E-state index contributed by atoms with van der Waals surface area (Å²) in [5.74, 6) is 0.980. The van der Waals surface area contributed by atoms with Gasteiger partial charge in [-0.1, -0.05) is 56.2 Å². The van der Waals surface area contributed by atoms with E-state index in [2.05, 4.69) is 26.8 Å². The molecule has 4 heteroatoms. The minimum absolute atomic E-state index is 0.0103. The van der Waals surface area contributed by atoms with Crippen LogP contribution in [0.3, 0.4) is 0 Å². The summed E-state index contributed by atoms with van der Waals surface area (Å²) >= 11 is 0. The smallest absolute Gasteiger partial charge is 0.264 e. The monoisotopic (exact) mass is 434 g/mol. The average Bonchev–Trinajstić information content (AvgIpc) is 3.52. The van der Waals surface area contributed by atoms with Crippen LogP contribution in [-0.2, 0) is 9.53 Å². The third-order valence-corrected chi connectivity index (χ3v) is 9.93. The summed E-state index contributed by atoms with van der Waals surface area (Å²) in [6, 6.07) is 9.75. The van der Waals surface area contributed by atoms with E-state index in [1.165, 1.54) is 11.1 Å². The van der Waals surface area contributed by atoms with Crippen molar-refractivity contribution in [3.63, 3.8) is 0 Å². The molecule has 4 nitrogen and oxygen atoms in total. The van der Waals surface area contributed by atoms with Gasteiger partial charge < -0.3 is 14.6 Å². The van der Waals surface area contributed by atoms with Gasteiger partial charge in [0.25, 0.3) is 5.79 Å². The number of rotatable bonds is 3. The van der Waals surface area contributed by atoms with Crippen LogP contribution in [0.15, 0.2) is 53.6 Å². The summed E-state index contributed by atoms with van der Waals surface area (Å²) in [5, 5.41) is 12.5. The number of hydrogen-bond donors (Lipinski definition) is 1.